The molecule has 2 rings (SSSR count). The zero-order valence-electron chi connectivity index (χ0n) is 13.1. The van der Waals surface area contributed by atoms with Gasteiger partial charge in [-0.2, -0.15) is 0 Å². The van der Waals surface area contributed by atoms with Crippen molar-refractivity contribution in [1.82, 2.24) is 4.90 Å². The maximum atomic E-state index is 11.9. The molecule has 1 aliphatic heterocycles. The third kappa shape index (κ3) is 4.43. The fraction of sp³-hybridized carbons (Fsp3) is 0.562. The van der Waals surface area contributed by atoms with Crippen molar-refractivity contribution in [2.45, 2.75) is 32.9 Å². The van der Waals surface area contributed by atoms with E-state index < -0.39 is 12.5 Å². The fourth-order valence-corrected chi connectivity index (χ4v) is 2.24. The maximum absolute atomic E-state index is 11.9. The van der Waals surface area contributed by atoms with Crippen LogP contribution in [0.25, 0.3) is 0 Å². The standard InChI is InChI=1S/C16H23NO5/c1-3-20-16(21-4-2)17-14(12-22-15(17)18)11-19-10-13-8-6-5-7-9-13/h5-9,14,16H,3-4,10-12H2,1-2H3/t14-/m0/s1. The van der Waals surface area contributed by atoms with Gasteiger partial charge in [0.15, 0.2) is 0 Å². The number of rotatable bonds is 9. The molecular weight excluding hydrogens is 286 g/mol. The summed E-state index contributed by atoms with van der Waals surface area (Å²) < 4.78 is 21.8. The highest BCUT2D eigenvalue weighted by Gasteiger charge is 2.39. The van der Waals surface area contributed by atoms with Gasteiger partial charge in [0.05, 0.1) is 19.3 Å². The lowest BCUT2D eigenvalue weighted by atomic mass is 10.2. The molecule has 0 radical (unpaired) electrons. The first-order chi connectivity index (χ1) is 10.8. The zero-order valence-corrected chi connectivity index (χ0v) is 13.1. The SMILES string of the molecule is CCOC(OCC)N1C(=O)OC[C@@H]1COCc1ccccc1. The molecule has 0 bridgehead atoms. The summed E-state index contributed by atoms with van der Waals surface area (Å²) in [6.07, 6.45) is -1.16. The van der Waals surface area contributed by atoms with Gasteiger partial charge < -0.3 is 18.9 Å². The fourth-order valence-electron chi connectivity index (χ4n) is 2.24. The second-order valence-electron chi connectivity index (χ2n) is 4.86. The first-order valence-electron chi connectivity index (χ1n) is 7.56. The summed E-state index contributed by atoms with van der Waals surface area (Å²) in [6, 6.07) is 9.68. The summed E-state index contributed by atoms with van der Waals surface area (Å²) >= 11 is 0. The Morgan fingerprint density at radius 2 is 1.91 bits per heavy atom. The minimum atomic E-state index is -0.727. The van der Waals surface area contributed by atoms with E-state index >= 15 is 0 Å². The van der Waals surface area contributed by atoms with E-state index in [0.29, 0.717) is 26.4 Å². The molecule has 0 N–H and O–H groups in total. The molecule has 1 aromatic carbocycles. The molecule has 0 aromatic heterocycles. The number of hydrogen-bond acceptors (Lipinski definition) is 5. The Kier molecular flexibility index (Phi) is 6.64. The summed E-state index contributed by atoms with van der Waals surface area (Å²) in [4.78, 5) is 13.4. The third-order valence-corrected chi connectivity index (χ3v) is 3.27. The number of ether oxygens (including phenoxy) is 4. The average Bonchev–Trinajstić information content (AvgIpc) is 2.89. The van der Waals surface area contributed by atoms with E-state index in [9.17, 15) is 4.79 Å². The zero-order chi connectivity index (χ0) is 15.8. The number of nitrogens with zero attached hydrogens (tertiary/aromatic N) is 1. The van der Waals surface area contributed by atoms with E-state index in [1.807, 2.05) is 44.2 Å². The van der Waals surface area contributed by atoms with Crippen molar-refractivity contribution in [2.75, 3.05) is 26.4 Å². The Balaban J connectivity index is 1.89. The normalized spacial score (nSPS) is 18.0. The highest BCUT2D eigenvalue weighted by Crippen LogP contribution is 2.19. The number of carbonyl (C=O) groups is 1. The Morgan fingerprint density at radius 1 is 1.23 bits per heavy atom. The first-order valence-corrected chi connectivity index (χ1v) is 7.56. The Hall–Kier alpha value is -1.63. The molecule has 1 aliphatic rings. The molecular formula is C16H23NO5. The summed E-state index contributed by atoms with van der Waals surface area (Å²) in [5.74, 6) is 0. The lowest BCUT2D eigenvalue weighted by Gasteiger charge is -2.29. The van der Waals surface area contributed by atoms with Gasteiger partial charge in [-0.05, 0) is 19.4 Å². The number of benzene rings is 1. The quantitative estimate of drug-likeness (QED) is 0.656. The Bertz CT molecular complexity index is 447. The van der Waals surface area contributed by atoms with Crippen molar-refractivity contribution in [3.05, 3.63) is 35.9 Å². The summed E-state index contributed by atoms with van der Waals surface area (Å²) in [6.45, 7) is 5.76. The minimum Gasteiger partial charge on any atom is -0.447 e. The van der Waals surface area contributed by atoms with Crippen molar-refractivity contribution in [1.29, 1.82) is 0 Å². The van der Waals surface area contributed by atoms with Crippen LogP contribution in [-0.2, 0) is 25.6 Å². The predicted molar refractivity (Wildman–Crippen MR) is 80.1 cm³/mol. The van der Waals surface area contributed by atoms with Crippen molar-refractivity contribution < 1.29 is 23.7 Å². The number of cyclic esters (lactones) is 1. The smallest absolute Gasteiger partial charge is 0.414 e. The number of carbonyl (C=O) groups excluding carboxylic acids is 1. The molecule has 22 heavy (non-hydrogen) atoms. The Morgan fingerprint density at radius 3 is 2.55 bits per heavy atom. The van der Waals surface area contributed by atoms with Crippen LogP contribution in [0.15, 0.2) is 30.3 Å². The maximum Gasteiger partial charge on any atom is 0.414 e. The van der Waals surface area contributed by atoms with Crippen LogP contribution in [0.4, 0.5) is 4.79 Å². The molecule has 1 atom stereocenters. The molecule has 1 fully saturated rings. The van der Waals surface area contributed by atoms with Crippen LogP contribution in [0.3, 0.4) is 0 Å². The lowest BCUT2D eigenvalue weighted by Crippen LogP contribution is -2.47. The van der Waals surface area contributed by atoms with Crippen LogP contribution in [0.5, 0.6) is 0 Å². The van der Waals surface area contributed by atoms with E-state index in [1.54, 1.807) is 0 Å². The molecule has 1 amide bonds. The van der Waals surface area contributed by atoms with Gasteiger partial charge in [0.1, 0.15) is 6.61 Å². The van der Waals surface area contributed by atoms with Crippen molar-refractivity contribution >= 4 is 6.09 Å². The molecule has 0 aliphatic carbocycles. The molecule has 0 saturated carbocycles. The molecule has 0 spiro atoms. The van der Waals surface area contributed by atoms with Gasteiger partial charge in [0.25, 0.3) is 0 Å². The monoisotopic (exact) mass is 309 g/mol. The molecule has 6 nitrogen and oxygen atoms in total. The van der Waals surface area contributed by atoms with Crippen molar-refractivity contribution in [3.8, 4) is 0 Å². The predicted octanol–water partition coefficient (Wildman–Crippen LogP) is 2.38. The van der Waals surface area contributed by atoms with Gasteiger partial charge in [0.2, 0.25) is 6.41 Å². The Labute approximate surface area is 130 Å². The second kappa shape index (κ2) is 8.73. The summed E-state index contributed by atoms with van der Waals surface area (Å²) in [5.41, 5.74) is 1.09. The highest BCUT2D eigenvalue weighted by atomic mass is 16.7. The molecule has 122 valence electrons. The van der Waals surface area contributed by atoms with Crippen molar-refractivity contribution in [3.63, 3.8) is 0 Å². The molecule has 1 saturated heterocycles. The van der Waals surface area contributed by atoms with Gasteiger partial charge in [-0.15, -0.1) is 0 Å². The van der Waals surface area contributed by atoms with Crippen molar-refractivity contribution in [2.24, 2.45) is 0 Å². The van der Waals surface area contributed by atoms with E-state index in [-0.39, 0.29) is 12.6 Å². The van der Waals surface area contributed by atoms with Crippen LogP contribution < -0.4 is 0 Å². The van der Waals surface area contributed by atoms with Crippen LogP contribution in [0, 0.1) is 0 Å². The van der Waals surface area contributed by atoms with Gasteiger partial charge in [-0.25, -0.2) is 9.69 Å². The molecule has 0 unspecified atom stereocenters. The largest absolute Gasteiger partial charge is 0.447 e. The van der Waals surface area contributed by atoms with Crippen LogP contribution >= 0.6 is 0 Å². The number of hydrogen-bond donors (Lipinski definition) is 0. The molecule has 1 aromatic rings. The first kappa shape index (κ1) is 16.7. The molecule has 1 heterocycles. The number of amides is 1. The van der Waals surface area contributed by atoms with Gasteiger partial charge >= 0.3 is 6.09 Å². The average molecular weight is 309 g/mol. The minimum absolute atomic E-state index is 0.209. The van der Waals surface area contributed by atoms with Crippen LogP contribution in [-0.4, -0.2) is 49.9 Å². The highest BCUT2D eigenvalue weighted by molar-refractivity contribution is 5.70. The third-order valence-electron chi connectivity index (χ3n) is 3.27. The van der Waals surface area contributed by atoms with Gasteiger partial charge in [-0.3, -0.25) is 0 Å². The van der Waals surface area contributed by atoms with E-state index in [0.717, 1.165) is 5.56 Å². The van der Waals surface area contributed by atoms with Gasteiger partial charge in [-0.1, -0.05) is 30.3 Å². The topological polar surface area (TPSA) is 57.2 Å². The van der Waals surface area contributed by atoms with E-state index in [2.05, 4.69) is 0 Å². The van der Waals surface area contributed by atoms with Gasteiger partial charge in [0, 0.05) is 13.2 Å². The molecule has 6 heteroatoms. The lowest BCUT2D eigenvalue weighted by molar-refractivity contribution is -0.211. The van der Waals surface area contributed by atoms with E-state index in [4.69, 9.17) is 18.9 Å². The summed E-state index contributed by atoms with van der Waals surface area (Å²) in [5, 5.41) is 0. The van der Waals surface area contributed by atoms with Crippen LogP contribution in [0.1, 0.15) is 19.4 Å². The van der Waals surface area contributed by atoms with E-state index in [1.165, 1.54) is 4.90 Å². The van der Waals surface area contributed by atoms with Crippen LogP contribution in [0.2, 0.25) is 0 Å². The summed E-state index contributed by atoms with van der Waals surface area (Å²) in [7, 11) is 0. The second-order valence-corrected chi connectivity index (χ2v) is 4.86.